The minimum Gasteiger partial charge on any atom is -0.481 e. The maximum absolute atomic E-state index is 13.6. The van der Waals surface area contributed by atoms with Crippen LogP contribution in [-0.4, -0.2) is 34.6 Å². The number of aliphatic carboxylic acids is 1. The zero-order chi connectivity index (χ0) is 14.7. The van der Waals surface area contributed by atoms with Gasteiger partial charge in [-0.05, 0) is 40.9 Å². The second kappa shape index (κ2) is 6.21. The van der Waals surface area contributed by atoms with Gasteiger partial charge in [0.15, 0.2) is 0 Å². The Kier molecular flexibility index (Phi) is 4.59. The number of hydrogen-bond donors (Lipinski definition) is 2. The summed E-state index contributed by atoms with van der Waals surface area (Å²) in [5.41, 5.74) is 0.0680. The largest absolute Gasteiger partial charge is 0.481 e. The zero-order valence-corrected chi connectivity index (χ0v) is 12.2. The van der Waals surface area contributed by atoms with Crippen LogP contribution in [0.15, 0.2) is 22.7 Å². The van der Waals surface area contributed by atoms with Crippen LogP contribution in [0.25, 0.3) is 0 Å². The van der Waals surface area contributed by atoms with Crippen molar-refractivity contribution in [1.82, 2.24) is 4.90 Å². The molecule has 0 spiro atoms. The summed E-state index contributed by atoms with van der Waals surface area (Å²) in [6.45, 7) is 0.482. The second-order valence-corrected chi connectivity index (χ2v) is 5.47. The fraction of sp³-hybridized carbons (Fsp3) is 0.385. The number of urea groups is 1. The number of likely N-dealkylation sites (tertiary alicyclic amines) is 1. The molecule has 1 saturated heterocycles. The van der Waals surface area contributed by atoms with Gasteiger partial charge in [-0.25, -0.2) is 9.18 Å². The summed E-state index contributed by atoms with van der Waals surface area (Å²) in [6.07, 6.45) is 1.31. The van der Waals surface area contributed by atoms with E-state index < -0.39 is 17.8 Å². The van der Waals surface area contributed by atoms with E-state index in [-0.39, 0.29) is 18.2 Å². The fourth-order valence-electron chi connectivity index (χ4n) is 2.31. The van der Waals surface area contributed by atoms with Gasteiger partial charge in [-0.3, -0.25) is 4.79 Å². The van der Waals surface area contributed by atoms with Gasteiger partial charge in [0, 0.05) is 17.1 Å². The number of carbonyl (C=O) groups excluding carboxylic acids is 1. The van der Waals surface area contributed by atoms with Crippen molar-refractivity contribution in [3.63, 3.8) is 0 Å². The van der Waals surface area contributed by atoms with E-state index in [2.05, 4.69) is 21.2 Å². The van der Waals surface area contributed by atoms with E-state index >= 15 is 0 Å². The van der Waals surface area contributed by atoms with Crippen LogP contribution in [0.3, 0.4) is 0 Å². The molecule has 0 saturated carbocycles. The van der Waals surface area contributed by atoms with Crippen molar-refractivity contribution in [1.29, 1.82) is 0 Å². The molecular weight excluding hydrogens is 331 g/mol. The molecular formula is C13H14BrFN2O3. The highest BCUT2D eigenvalue weighted by Gasteiger charge is 2.30. The SMILES string of the molecule is O=C(O)CC1CCCN1C(=O)Nc1c(F)cccc1Br. The summed E-state index contributed by atoms with van der Waals surface area (Å²) in [5, 5.41) is 11.3. The van der Waals surface area contributed by atoms with Gasteiger partial charge in [0.2, 0.25) is 0 Å². The van der Waals surface area contributed by atoms with E-state index in [0.29, 0.717) is 17.4 Å². The Morgan fingerprint density at radius 1 is 1.50 bits per heavy atom. The van der Waals surface area contributed by atoms with E-state index in [9.17, 15) is 14.0 Å². The number of benzene rings is 1. The maximum atomic E-state index is 13.6. The molecule has 108 valence electrons. The summed E-state index contributed by atoms with van der Waals surface area (Å²) < 4.78 is 14.1. The molecule has 2 N–H and O–H groups in total. The highest BCUT2D eigenvalue weighted by Crippen LogP contribution is 2.27. The van der Waals surface area contributed by atoms with Crippen LogP contribution in [0.4, 0.5) is 14.9 Å². The highest BCUT2D eigenvalue weighted by molar-refractivity contribution is 9.10. The van der Waals surface area contributed by atoms with Gasteiger partial charge >= 0.3 is 12.0 Å². The molecule has 1 fully saturated rings. The summed E-state index contributed by atoms with van der Waals surface area (Å²) in [7, 11) is 0. The zero-order valence-electron chi connectivity index (χ0n) is 10.6. The summed E-state index contributed by atoms with van der Waals surface area (Å²) >= 11 is 3.17. The first-order chi connectivity index (χ1) is 9.49. The summed E-state index contributed by atoms with van der Waals surface area (Å²) in [6, 6.07) is 3.59. The molecule has 1 unspecified atom stereocenters. The van der Waals surface area contributed by atoms with Gasteiger partial charge in [0.05, 0.1) is 12.1 Å². The number of rotatable bonds is 3. The van der Waals surface area contributed by atoms with Gasteiger partial charge in [-0.15, -0.1) is 0 Å². The van der Waals surface area contributed by atoms with Crippen LogP contribution >= 0.6 is 15.9 Å². The van der Waals surface area contributed by atoms with E-state index in [0.717, 1.165) is 6.42 Å². The molecule has 1 aromatic carbocycles. The molecule has 0 aromatic heterocycles. The first-order valence-corrected chi connectivity index (χ1v) is 7.01. The van der Waals surface area contributed by atoms with Crippen molar-refractivity contribution in [2.24, 2.45) is 0 Å². The molecule has 2 rings (SSSR count). The summed E-state index contributed by atoms with van der Waals surface area (Å²) in [5.74, 6) is -1.48. The molecule has 1 aliphatic rings. The van der Waals surface area contributed by atoms with E-state index in [1.54, 1.807) is 6.07 Å². The molecule has 1 aromatic rings. The van der Waals surface area contributed by atoms with Crippen molar-refractivity contribution in [2.45, 2.75) is 25.3 Å². The van der Waals surface area contributed by atoms with Gasteiger partial charge in [-0.1, -0.05) is 6.07 Å². The third kappa shape index (κ3) is 3.27. The molecule has 1 atom stereocenters. The number of halogens is 2. The number of nitrogens with zero attached hydrogens (tertiary/aromatic N) is 1. The van der Waals surface area contributed by atoms with E-state index in [1.807, 2.05) is 0 Å². The van der Waals surface area contributed by atoms with Crippen LogP contribution < -0.4 is 5.32 Å². The normalized spacial score (nSPS) is 18.1. The predicted molar refractivity (Wildman–Crippen MR) is 75.1 cm³/mol. The quantitative estimate of drug-likeness (QED) is 0.885. The van der Waals surface area contributed by atoms with Crippen LogP contribution in [0.2, 0.25) is 0 Å². The smallest absolute Gasteiger partial charge is 0.322 e. The van der Waals surface area contributed by atoms with Crippen molar-refractivity contribution < 1.29 is 19.1 Å². The Hall–Kier alpha value is -1.63. The Balaban J connectivity index is 2.09. The number of carboxylic acids is 1. The topological polar surface area (TPSA) is 69.6 Å². The molecule has 1 heterocycles. The highest BCUT2D eigenvalue weighted by atomic mass is 79.9. The van der Waals surface area contributed by atoms with Crippen molar-refractivity contribution >= 4 is 33.6 Å². The Bertz CT molecular complexity index is 518. The van der Waals surface area contributed by atoms with E-state index in [4.69, 9.17) is 5.11 Å². The number of anilines is 1. The third-order valence-corrected chi connectivity index (χ3v) is 3.90. The van der Waals surface area contributed by atoms with Crippen molar-refractivity contribution in [3.8, 4) is 0 Å². The molecule has 1 aliphatic heterocycles. The lowest BCUT2D eigenvalue weighted by molar-refractivity contribution is -0.137. The van der Waals surface area contributed by atoms with Gasteiger partial charge in [0.25, 0.3) is 0 Å². The summed E-state index contributed by atoms with van der Waals surface area (Å²) in [4.78, 5) is 24.4. The molecule has 20 heavy (non-hydrogen) atoms. The predicted octanol–water partition coefficient (Wildman–Crippen LogP) is 3.06. The molecule has 5 nitrogen and oxygen atoms in total. The number of nitrogens with one attached hydrogen (secondary N) is 1. The van der Waals surface area contributed by atoms with Gasteiger partial charge in [-0.2, -0.15) is 0 Å². The van der Waals surface area contributed by atoms with E-state index in [1.165, 1.54) is 17.0 Å². The van der Waals surface area contributed by atoms with Crippen LogP contribution in [-0.2, 0) is 4.79 Å². The molecule has 7 heteroatoms. The minimum atomic E-state index is -0.943. The Labute approximate surface area is 123 Å². The molecule has 2 amide bonds. The second-order valence-electron chi connectivity index (χ2n) is 4.61. The number of hydrogen-bond acceptors (Lipinski definition) is 2. The lowest BCUT2D eigenvalue weighted by Gasteiger charge is -2.24. The molecule has 0 radical (unpaired) electrons. The van der Waals surface area contributed by atoms with Gasteiger partial charge in [0.1, 0.15) is 5.82 Å². The number of carboxylic acid groups (broad SMARTS) is 1. The maximum Gasteiger partial charge on any atom is 0.322 e. The average molecular weight is 345 g/mol. The van der Waals surface area contributed by atoms with Crippen molar-refractivity contribution in [3.05, 3.63) is 28.5 Å². The Morgan fingerprint density at radius 3 is 2.90 bits per heavy atom. The van der Waals surface area contributed by atoms with Crippen LogP contribution in [0, 0.1) is 5.82 Å². The first kappa shape index (κ1) is 14.8. The standard InChI is InChI=1S/C13H14BrFN2O3/c14-9-4-1-5-10(15)12(9)16-13(20)17-6-2-3-8(17)7-11(18)19/h1,4-5,8H,2-3,6-7H2,(H,16,20)(H,18,19). The van der Waals surface area contributed by atoms with Crippen LogP contribution in [0.1, 0.15) is 19.3 Å². The number of amides is 2. The van der Waals surface area contributed by atoms with Crippen LogP contribution in [0.5, 0.6) is 0 Å². The Morgan fingerprint density at radius 2 is 2.25 bits per heavy atom. The van der Waals surface area contributed by atoms with Gasteiger partial charge < -0.3 is 15.3 Å². The third-order valence-electron chi connectivity index (χ3n) is 3.24. The lowest BCUT2D eigenvalue weighted by atomic mass is 10.1. The number of carbonyl (C=O) groups is 2. The van der Waals surface area contributed by atoms with Crippen molar-refractivity contribution in [2.75, 3.05) is 11.9 Å². The molecule has 0 bridgehead atoms. The lowest BCUT2D eigenvalue weighted by Crippen LogP contribution is -2.39. The minimum absolute atomic E-state index is 0.0680. The monoisotopic (exact) mass is 344 g/mol. The fourth-order valence-corrected chi connectivity index (χ4v) is 2.75. The first-order valence-electron chi connectivity index (χ1n) is 6.22. The molecule has 0 aliphatic carbocycles. The average Bonchev–Trinajstić information content (AvgIpc) is 2.81. The number of para-hydroxylation sites is 1.